The molecule has 1 rings (SSSR count). The van der Waals surface area contributed by atoms with Gasteiger partial charge in [-0.3, -0.25) is 0 Å². The van der Waals surface area contributed by atoms with Crippen LogP contribution in [0.15, 0.2) is 24.3 Å². The number of methoxy groups -OCH3 is 1. The van der Waals surface area contributed by atoms with E-state index in [1.165, 1.54) is 12.8 Å². The molecule has 0 fully saturated rings. The molecule has 120 valence electrons. The number of halogens is 1. The third-order valence-electron chi connectivity index (χ3n) is 3.78. The average molecular weight is 295 g/mol. The van der Waals surface area contributed by atoms with Gasteiger partial charge in [0, 0.05) is 13.7 Å². The van der Waals surface area contributed by atoms with Crippen molar-refractivity contribution >= 4 is 0 Å². The summed E-state index contributed by atoms with van der Waals surface area (Å²) in [5.74, 6) is 1.14. The number of benzene rings is 1. The monoisotopic (exact) mass is 295 g/mol. The lowest BCUT2D eigenvalue weighted by atomic mass is 9.92. The highest BCUT2D eigenvalue weighted by Gasteiger charge is 2.12. The van der Waals surface area contributed by atoms with Crippen LogP contribution in [0.25, 0.3) is 0 Å². The van der Waals surface area contributed by atoms with Gasteiger partial charge in [0.1, 0.15) is 5.82 Å². The molecule has 0 amide bonds. The summed E-state index contributed by atoms with van der Waals surface area (Å²) in [4.78, 5) is 0. The second kappa shape index (κ2) is 10.7. The van der Waals surface area contributed by atoms with E-state index >= 15 is 0 Å². The number of hydrogen-bond donors (Lipinski definition) is 1. The van der Waals surface area contributed by atoms with Gasteiger partial charge in [0.25, 0.3) is 0 Å². The minimum Gasteiger partial charge on any atom is -0.383 e. The fourth-order valence-corrected chi connectivity index (χ4v) is 2.55. The Kier molecular flexibility index (Phi) is 9.27. The highest BCUT2D eigenvalue weighted by Crippen LogP contribution is 2.18. The first-order valence-corrected chi connectivity index (χ1v) is 8.06. The first-order chi connectivity index (χ1) is 10.1. The highest BCUT2D eigenvalue weighted by atomic mass is 19.1. The lowest BCUT2D eigenvalue weighted by molar-refractivity contribution is 0.197. The topological polar surface area (TPSA) is 21.3 Å². The van der Waals surface area contributed by atoms with E-state index in [9.17, 15) is 4.39 Å². The van der Waals surface area contributed by atoms with Crippen LogP contribution in [0.4, 0.5) is 4.39 Å². The zero-order valence-electron chi connectivity index (χ0n) is 13.7. The van der Waals surface area contributed by atoms with E-state index in [4.69, 9.17) is 4.74 Å². The Labute approximate surface area is 129 Å². The van der Waals surface area contributed by atoms with Crippen molar-refractivity contribution in [1.29, 1.82) is 0 Å². The van der Waals surface area contributed by atoms with Crippen LogP contribution < -0.4 is 5.32 Å². The fourth-order valence-electron chi connectivity index (χ4n) is 2.55. The summed E-state index contributed by atoms with van der Waals surface area (Å²) in [5, 5.41) is 3.42. The molecule has 21 heavy (non-hydrogen) atoms. The molecule has 1 atom stereocenters. The maximum Gasteiger partial charge on any atom is 0.126 e. The Balaban J connectivity index is 2.47. The van der Waals surface area contributed by atoms with Gasteiger partial charge in [-0.25, -0.2) is 4.39 Å². The number of ether oxygens (including phenoxy) is 1. The van der Waals surface area contributed by atoms with Crippen LogP contribution >= 0.6 is 0 Å². The van der Waals surface area contributed by atoms with Gasteiger partial charge in [0.2, 0.25) is 0 Å². The van der Waals surface area contributed by atoms with Gasteiger partial charge in [0.05, 0.1) is 6.61 Å². The Morgan fingerprint density at radius 2 is 1.95 bits per heavy atom. The van der Waals surface area contributed by atoms with E-state index in [2.05, 4.69) is 19.2 Å². The predicted molar refractivity (Wildman–Crippen MR) is 87.0 cm³/mol. The van der Waals surface area contributed by atoms with E-state index in [-0.39, 0.29) is 5.82 Å². The van der Waals surface area contributed by atoms with Crippen LogP contribution in [-0.2, 0) is 11.2 Å². The number of rotatable bonds is 11. The summed E-state index contributed by atoms with van der Waals surface area (Å²) in [7, 11) is 1.71. The lowest BCUT2D eigenvalue weighted by Gasteiger charge is -2.19. The molecule has 2 nitrogen and oxygen atoms in total. The highest BCUT2D eigenvalue weighted by molar-refractivity contribution is 5.17. The molecular formula is C18H30FNO. The molecule has 0 saturated carbocycles. The van der Waals surface area contributed by atoms with Gasteiger partial charge < -0.3 is 10.1 Å². The van der Waals surface area contributed by atoms with Gasteiger partial charge in [0.15, 0.2) is 0 Å². The average Bonchev–Trinajstić information content (AvgIpc) is 2.45. The summed E-state index contributed by atoms with van der Waals surface area (Å²) in [5.41, 5.74) is 0.834. The summed E-state index contributed by atoms with van der Waals surface area (Å²) in [6.45, 7) is 7.01. The van der Waals surface area contributed by atoms with Crippen LogP contribution in [0.5, 0.6) is 0 Å². The molecule has 0 bridgehead atoms. The van der Waals surface area contributed by atoms with Gasteiger partial charge in [-0.2, -0.15) is 0 Å². The number of hydrogen-bond acceptors (Lipinski definition) is 2. The van der Waals surface area contributed by atoms with Crippen molar-refractivity contribution in [3.63, 3.8) is 0 Å². The van der Waals surface area contributed by atoms with E-state index in [1.54, 1.807) is 19.2 Å². The third-order valence-corrected chi connectivity index (χ3v) is 3.78. The molecule has 1 aromatic rings. The van der Waals surface area contributed by atoms with E-state index in [0.717, 1.165) is 44.0 Å². The Morgan fingerprint density at radius 1 is 1.19 bits per heavy atom. The Hall–Kier alpha value is -0.930. The van der Waals surface area contributed by atoms with Crippen LogP contribution in [0.1, 0.15) is 38.7 Å². The van der Waals surface area contributed by atoms with E-state index in [1.807, 2.05) is 12.1 Å². The second-order valence-corrected chi connectivity index (χ2v) is 6.18. The van der Waals surface area contributed by atoms with Crippen LogP contribution in [0.2, 0.25) is 0 Å². The number of nitrogens with one attached hydrogen (secondary N) is 1. The minimum absolute atomic E-state index is 0.0803. The van der Waals surface area contributed by atoms with E-state index < -0.39 is 0 Å². The molecule has 0 aliphatic rings. The van der Waals surface area contributed by atoms with Crippen LogP contribution in [-0.4, -0.2) is 26.8 Å². The van der Waals surface area contributed by atoms with Crippen molar-refractivity contribution in [2.75, 3.05) is 26.8 Å². The summed E-state index contributed by atoms with van der Waals surface area (Å²) >= 11 is 0. The molecule has 0 aliphatic heterocycles. The fraction of sp³-hybridized carbons (Fsp3) is 0.667. The molecule has 1 unspecified atom stereocenters. The maximum atomic E-state index is 13.8. The Bertz CT molecular complexity index is 381. The first-order valence-electron chi connectivity index (χ1n) is 8.06. The van der Waals surface area contributed by atoms with Crippen LogP contribution in [0, 0.1) is 17.7 Å². The molecule has 1 N–H and O–H groups in total. The molecular weight excluding hydrogens is 265 g/mol. The Morgan fingerprint density at radius 3 is 2.62 bits per heavy atom. The van der Waals surface area contributed by atoms with Crippen molar-refractivity contribution in [1.82, 2.24) is 5.32 Å². The smallest absolute Gasteiger partial charge is 0.126 e. The van der Waals surface area contributed by atoms with Crippen molar-refractivity contribution < 1.29 is 9.13 Å². The van der Waals surface area contributed by atoms with Crippen molar-refractivity contribution in [2.45, 2.75) is 39.5 Å². The van der Waals surface area contributed by atoms with Crippen molar-refractivity contribution in [3.8, 4) is 0 Å². The third kappa shape index (κ3) is 8.18. The van der Waals surface area contributed by atoms with Crippen molar-refractivity contribution in [3.05, 3.63) is 35.6 Å². The lowest BCUT2D eigenvalue weighted by Crippen LogP contribution is -2.27. The van der Waals surface area contributed by atoms with Gasteiger partial charge >= 0.3 is 0 Å². The maximum absolute atomic E-state index is 13.8. The minimum atomic E-state index is -0.0803. The zero-order chi connectivity index (χ0) is 15.5. The van der Waals surface area contributed by atoms with E-state index in [0.29, 0.717) is 5.92 Å². The first kappa shape index (κ1) is 18.1. The molecule has 0 heterocycles. The van der Waals surface area contributed by atoms with Crippen LogP contribution in [0.3, 0.4) is 0 Å². The zero-order valence-corrected chi connectivity index (χ0v) is 13.7. The predicted octanol–water partition coefficient (Wildman–Crippen LogP) is 4.05. The second-order valence-electron chi connectivity index (χ2n) is 6.18. The molecule has 0 radical (unpaired) electrons. The quantitative estimate of drug-likeness (QED) is 0.622. The van der Waals surface area contributed by atoms with Gasteiger partial charge in [-0.15, -0.1) is 0 Å². The summed E-state index contributed by atoms with van der Waals surface area (Å²) in [6, 6.07) is 7.13. The molecule has 0 aliphatic carbocycles. The largest absolute Gasteiger partial charge is 0.383 e. The molecule has 1 aromatic carbocycles. The molecule has 3 heteroatoms. The normalized spacial score (nSPS) is 12.8. The molecule has 0 spiro atoms. The van der Waals surface area contributed by atoms with Crippen molar-refractivity contribution in [2.24, 2.45) is 11.8 Å². The summed E-state index contributed by atoms with van der Waals surface area (Å²) < 4.78 is 18.9. The summed E-state index contributed by atoms with van der Waals surface area (Å²) in [6.07, 6.45) is 4.41. The SMILES string of the molecule is COCCNCC(CCCC(C)C)Cc1ccccc1F. The van der Waals surface area contributed by atoms with Gasteiger partial charge in [-0.1, -0.05) is 44.9 Å². The molecule has 0 aromatic heterocycles. The molecule has 0 saturated heterocycles. The van der Waals surface area contributed by atoms with Gasteiger partial charge in [-0.05, 0) is 42.9 Å². The standard InChI is InChI=1S/C18H30FNO/c1-15(2)7-6-8-16(14-20-11-12-21-3)13-17-9-4-5-10-18(17)19/h4-5,9-10,15-16,20H,6-8,11-14H2,1-3H3.